The van der Waals surface area contributed by atoms with Gasteiger partial charge in [-0.2, -0.15) is 0 Å². The van der Waals surface area contributed by atoms with Crippen LogP contribution in [0, 0.1) is 0 Å². The van der Waals surface area contributed by atoms with Crippen molar-refractivity contribution in [1.82, 2.24) is 0 Å². The Bertz CT molecular complexity index is 562. The molecule has 0 saturated heterocycles. The highest BCUT2D eigenvalue weighted by Crippen LogP contribution is 2.40. The van der Waals surface area contributed by atoms with Crippen molar-refractivity contribution in [2.45, 2.75) is 29.7 Å². The molecule has 0 aliphatic heterocycles. The maximum atomic E-state index is 6.35. The highest BCUT2D eigenvalue weighted by Gasteiger charge is 2.27. The molecule has 98 valence electrons. The maximum Gasteiger partial charge on any atom is 0.0300 e. The summed E-state index contributed by atoms with van der Waals surface area (Å²) in [6, 6.07) is 17.5. The van der Waals surface area contributed by atoms with Gasteiger partial charge in [0.1, 0.15) is 0 Å². The van der Waals surface area contributed by atoms with E-state index < -0.39 is 0 Å². The second-order valence-electron chi connectivity index (χ2n) is 5.22. The van der Waals surface area contributed by atoms with E-state index in [0.29, 0.717) is 5.92 Å². The standard InChI is InChI=1S/C17H19NS/c1-19-15-8-6-12(7-9-15)17(18)11-14-10-13-4-2-3-5-16(13)14/h2-9,14,17H,10-11,18H2,1H3. The Morgan fingerprint density at radius 1 is 1.16 bits per heavy atom. The van der Waals surface area contributed by atoms with Crippen molar-refractivity contribution in [3.8, 4) is 0 Å². The fourth-order valence-electron chi connectivity index (χ4n) is 2.87. The molecular formula is C17H19NS. The van der Waals surface area contributed by atoms with Crippen molar-refractivity contribution in [2.75, 3.05) is 6.26 Å². The summed E-state index contributed by atoms with van der Waals surface area (Å²) in [4.78, 5) is 1.30. The van der Waals surface area contributed by atoms with Gasteiger partial charge in [0.25, 0.3) is 0 Å². The van der Waals surface area contributed by atoms with Crippen LogP contribution in [0.2, 0.25) is 0 Å². The van der Waals surface area contributed by atoms with Crippen LogP contribution in [-0.2, 0) is 6.42 Å². The Labute approximate surface area is 119 Å². The number of nitrogens with two attached hydrogens (primary N) is 1. The summed E-state index contributed by atoms with van der Waals surface area (Å²) in [5, 5.41) is 0. The van der Waals surface area contributed by atoms with Crippen LogP contribution >= 0.6 is 11.8 Å². The molecule has 0 spiro atoms. The third kappa shape index (κ3) is 2.56. The van der Waals surface area contributed by atoms with E-state index in [4.69, 9.17) is 5.73 Å². The molecule has 1 nitrogen and oxygen atoms in total. The predicted molar refractivity (Wildman–Crippen MR) is 82.7 cm³/mol. The molecule has 0 radical (unpaired) electrons. The average Bonchev–Trinajstić information content (AvgIpc) is 2.44. The molecule has 2 aromatic rings. The van der Waals surface area contributed by atoms with Gasteiger partial charge in [-0.15, -0.1) is 11.8 Å². The van der Waals surface area contributed by atoms with Crippen molar-refractivity contribution >= 4 is 11.8 Å². The van der Waals surface area contributed by atoms with E-state index in [9.17, 15) is 0 Å². The molecule has 1 aliphatic rings. The normalized spacial score (nSPS) is 18.5. The van der Waals surface area contributed by atoms with Gasteiger partial charge in [-0.3, -0.25) is 0 Å². The topological polar surface area (TPSA) is 26.0 Å². The number of rotatable bonds is 4. The number of hydrogen-bond acceptors (Lipinski definition) is 2. The van der Waals surface area contributed by atoms with Gasteiger partial charge in [0.2, 0.25) is 0 Å². The van der Waals surface area contributed by atoms with Crippen molar-refractivity contribution in [1.29, 1.82) is 0 Å². The third-order valence-corrected chi connectivity index (χ3v) is 4.79. The summed E-state index contributed by atoms with van der Waals surface area (Å²) in [6.45, 7) is 0. The maximum absolute atomic E-state index is 6.35. The van der Waals surface area contributed by atoms with Gasteiger partial charge in [-0.05, 0) is 53.8 Å². The van der Waals surface area contributed by atoms with E-state index in [1.807, 2.05) is 0 Å². The Morgan fingerprint density at radius 2 is 1.89 bits per heavy atom. The van der Waals surface area contributed by atoms with Crippen LogP contribution in [-0.4, -0.2) is 6.26 Å². The molecule has 0 heterocycles. The molecule has 2 heteroatoms. The fourth-order valence-corrected chi connectivity index (χ4v) is 3.27. The Hall–Kier alpha value is -1.25. The SMILES string of the molecule is CSc1ccc(C(N)CC2Cc3ccccc32)cc1. The van der Waals surface area contributed by atoms with Crippen LogP contribution in [0.1, 0.15) is 35.1 Å². The highest BCUT2D eigenvalue weighted by molar-refractivity contribution is 7.98. The van der Waals surface area contributed by atoms with Crippen LogP contribution in [0.25, 0.3) is 0 Å². The molecule has 3 rings (SSSR count). The van der Waals surface area contributed by atoms with E-state index in [0.717, 1.165) is 6.42 Å². The van der Waals surface area contributed by atoms with Crippen LogP contribution < -0.4 is 5.73 Å². The molecule has 0 aromatic heterocycles. The van der Waals surface area contributed by atoms with Gasteiger partial charge in [-0.1, -0.05) is 36.4 Å². The lowest BCUT2D eigenvalue weighted by atomic mass is 9.74. The minimum Gasteiger partial charge on any atom is -0.324 e. The van der Waals surface area contributed by atoms with E-state index in [1.54, 1.807) is 11.8 Å². The molecule has 19 heavy (non-hydrogen) atoms. The van der Waals surface area contributed by atoms with Gasteiger partial charge in [0.15, 0.2) is 0 Å². The van der Waals surface area contributed by atoms with E-state index >= 15 is 0 Å². The highest BCUT2D eigenvalue weighted by atomic mass is 32.2. The second-order valence-corrected chi connectivity index (χ2v) is 6.09. The zero-order chi connectivity index (χ0) is 13.2. The predicted octanol–water partition coefficient (Wildman–Crippen LogP) is 4.14. The first kappa shape index (κ1) is 12.8. The van der Waals surface area contributed by atoms with Crippen LogP contribution in [0.5, 0.6) is 0 Å². The van der Waals surface area contributed by atoms with Crippen molar-refractivity contribution in [2.24, 2.45) is 5.73 Å². The minimum atomic E-state index is 0.147. The summed E-state index contributed by atoms with van der Waals surface area (Å²) in [6.07, 6.45) is 4.34. The Kier molecular flexibility index (Phi) is 3.63. The molecule has 2 unspecified atom stereocenters. The van der Waals surface area contributed by atoms with Crippen LogP contribution in [0.15, 0.2) is 53.4 Å². The van der Waals surface area contributed by atoms with Gasteiger partial charge in [-0.25, -0.2) is 0 Å². The molecule has 0 bridgehead atoms. The number of hydrogen-bond donors (Lipinski definition) is 1. The molecule has 0 amide bonds. The molecule has 1 aliphatic carbocycles. The zero-order valence-corrected chi connectivity index (χ0v) is 12.0. The van der Waals surface area contributed by atoms with Gasteiger partial charge in [0.05, 0.1) is 0 Å². The summed E-state index contributed by atoms with van der Waals surface area (Å²) >= 11 is 1.77. The lowest BCUT2D eigenvalue weighted by Crippen LogP contribution is -2.22. The summed E-state index contributed by atoms with van der Waals surface area (Å²) in [5.74, 6) is 0.645. The lowest BCUT2D eigenvalue weighted by molar-refractivity contribution is 0.498. The van der Waals surface area contributed by atoms with E-state index in [-0.39, 0.29) is 6.04 Å². The summed E-state index contributed by atoms with van der Waals surface area (Å²) in [5.41, 5.74) is 10.6. The van der Waals surface area contributed by atoms with Gasteiger partial charge in [0, 0.05) is 10.9 Å². The van der Waals surface area contributed by atoms with E-state index in [2.05, 4.69) is 54.8 Å². The summed E-state index contributed by atoms with van der Waals surface area (Å²) in [7, 11) is 0. The van der Waals surface area contributed by atoms with Gasteiger partial charge >= 0.3 is 0 Å². The zero-order valence-electron chi connectivity index (χ0n) is 11.2. The quantitative estimate of drug-likeness (QED) is 0.844. The van der Waals surface area contributed by atoms with Crippen molar-refractivity contribution < 1.29 is 0 Å². The third-order valence-electron chi connectivity index (χ3n) is 4.04. The van der Waals surface area contributed by atoms with Crippen molar-refractivity contribution in [3.05, 3.63) is 65.2 Å². The van der Waals surface area contributed by atoms with E-state index in [1.165, 1.54) is 28.0 Å². The molecule has 2 N–H and O–H groups in total. The van der Waals surface area contributed by atoms with Crippen molar-refractivity contribution in [3.63, 3.8) is 0 Å². The molecule has 0 saturated carbocycles. The average molecular weight is 269 g/mol. The first-order chi connectivity index (χ1) is 9.28. The Balaban J connectivity index is 1.67. The minimum absolute atomic E-state index is 0.147. The molecule has 2 aromatic carbocycles. The fraction of sp³-hybridized carbons (Fsp3) is 0.294. The lowest BCUT2D eigenvalue weighted by Gasteiger charge is -2.32. The largest absolute Gasteiger partial charge is 0.324 e. The Morgan fingerprint density at radius 3 is 2.58 bits per heavy atom. The number of thioether (sulfide) groups is 1. The molecule has 2 atom stereocenters. The summed E-state index contributed by atoms with van der Waals surface area (Å²) < 4.78 is 0. The smallest absolute Gasteiger partial charge is 0.0300 e. The first-order valence-electron chi connectivity index (χ1n) is 6.75. The number of benzene rings is 2. The number of fused-ring (bicyclic) bond motifs is 1. The van der Waals surface area contributed by atoms with Crippen LogP contribution in [0.4, 0.5) is 0 Å². The van der Waals surface area contributed by atoms with Gasteiger partial charge < -0.3 is 5.73 Å². The molecular weight excluding hydrogens is 250 g/mol. The first-order valence-corrected chi connectivity index (χ1v) is 7.97. The monoisotopic (exact) mass is 269 g/mol. The second kappa shape index (κ2) is 5.40. The van der Waals surface area contributed by atoms with Crippen LogP contribution in [0.3, 0.4) is 0 Å². The molecule has 0 fully saturated rings.